The van der Waals surface area contributed by atoms with Crippen molar-refractivity contribution in [2.45, 2.75) is 31.5 Å². The van der Waals surface area contributed by atoms with E-state index in [1.54, 1.807) is 13.3 Å². The third-order valence-corrected chi connectivity index (χ3v) is 3.13. The first kappa shape index (κ1) is 16.2. The third kappa shape index (κ3) is 6.86. The van der Waals surface area contributed by atoms with E-state index in [4.69, 9.17) is 14.2 Å². The van der Waals surface area contributed by atoms with Crippen LogP contribution in [0.4, 0.5) is 0 Å². The summed E-state index contributed by atoms with van der Waals surface area (Å²) < 4.78 is 15.5. The first-order valence-electron chi connectivity index (χ1n) is 7.34. The Bertz CT molecular complexity index is 395. The van der Waals surface area contributed by atoms with Gasteiger partial charge in [-0.3, -0.25) is 4.98 Å². The highest BCUT2D eigenvalue weighted by Crippen LogP contribution is 2.19. The van der Waals surface area contributed by atoms with E-state index in [0.29, 0.717) is 25.0 Å². The number of ether oxygens (including phenoxy) is 3. The second kappa shape index (κ2) is 8.94. The molecule has 1 atom stereocenters. The maximum Gasteiger partial charge on any atom is 0.137 e. The Morgan fingerprint density at radius 1 is 1.33 bits per heavy atom. The molecule has 1 aromatic heterocycles. The molecule has 0 aliphatic heterocycles. The van der Waals surface area contributed by atoms with E-state index in [-0.39, 0.29) is 13.2 Å². The third-order valence-electron chi connectivity index (χ3n) is 3.13. The molecule has 1 aliphatic rings. The number of aromatic nitrogens is 1. The molecule has 2 rings (SSSR count). The van der Waals surface area contributed by atoms with Crippen molar-refractivity contribution >= 4 is 0 Å². The van der Waals surface area contributed by atoms with E-state index in [0.717, 1.165) is 12.2 Å². The highest BCUT2D eigenvalue weighted by molar-refractivity contribution is 5.20. The fourth-order valence-corrected chi connectivity index (χ4v) is 1.74. The van der Waals surface area contributed by atoms with Gasteiger partial charge in [-0.1, -0.05) is 0 Å². The molecule has 0 saturated heterocycles. The predicted octanol–water partition coefficient (Wildman–Crippen LogP) is 0.736. The zero-order valence-corrected chi connectivity index (χ0v) is 12.5. The van der Waals surface area contributed by atoms with Gasteiger partial charge in [0, 0.05) is 19.7 Å². The molecule has 0 spiro atoms. The van der Waals surface area contributed by atoms with E-state index in [9.17, 15) is 5.11 Å². The van der Waals surface area contributed by atoms with Crippen molar-refractivity contribution in [3.05, 3.63) is 24.0 Å². The molecule has 1 aromatic rings. The summed E-state index contributed by atoms with van der Waals surface area (Å²) in [6.07, 6.45) is 3.57. The molecule has 118 valence electrons. The Morgan fingerprint density at radius 3 is 2.86 bits per heavy atom. The lowest BCUT2D eigenvalue weighted by molar-refractivity contribution is -0.00424. The zero-order valence-electron chi connectivity index (χ0n) is 12.5. The van der Waals surface area contributed by atoms with Crippen LogP contribution in [0.15, 0.2) is 18.3 Å². The van der Waals surface area contributed by atoms with Crippen LogP contribution in [0.3, 0.4) is 0 Å². The zero-order chi connectivity index (χ0) is 14.9. The number of nitrogens with zero attached hydrogens (tertiary/aromatic N) is 1. The first-order valence-corrected chi connectivity index (χ1v) is 7.34. The summed E-state index contributed by atoms with van der Waals surface area (Å²) in [5.41, 5.74) is 0.998. The van der Waals surface area contributed by atoms with Gasteiger partial charge in [-0.15, -0.1) is 0 Å². The minimum absolute atomic E-state index is 0.189. The number of rotatable bonds is 11. The van der Waals surface area contributed by atoms with Crippen LogP contribution in [-0.4, -0.2) is 55.8 Å². The topological polar surface area (TPSA) is 72.8 Å². The van der Waals surface area contributed by atoms with Crippen LogP contribution < -0.4 is 10.1 Å². The molecule has 2 N–H and O–H groups in total. The molecule has 1 heterocycles. The summed E-state index contributed by atoms with van der Waals surface area (Å²) in [7, 11) is 1.61. The minimum Gasteiger partial charge on any atom is -0.489 e. The highest BCUT2D eigenvalue weighted by atomic mass is 16.5. The summed E-state index contributed by atoms with van der Waals surface area (Å²) in [6.45, 7) is 2.21. The van der Waals surface area contributed by atoms with E-state index in [1.165, 1.54) is 12.8 Å². The van der Waals surface area contributed by atoms with Crippen molar-refractivity contribution in [1.29, 1.82) is 0 Å². The molecule has 6 nitrogen and oxygen atoms in total. The van der Waals surface area contributed by atoms with Gasteiger partial charge in [-0.05, 0) is 25.0 Å². The molecule has 1 fully saturated rings. The van der Waals surface area contributed by atoms with E-state index in [1.807, 2.05) is 12.1 Å². The van der Waals surface area contributed by atoms with Gasteiger partial charge in [0.2, 0.25) is 0 Å². The lowest BCUT2D eigenvalue weighted by Gasteiger charge is -2.12. The fourth-order valence-electron chi connectivity index (χ4n) is 1.74. The van der Waals surface area contributed by atoms with Crippen molar-refractivity contribution < 1.29 is 19.3 Å². The average Bonchev–Trinajstić information content (AvgIpc) is 3.33. The number of aliphatic hydroxyl groups excluding tert-OH is 1. The Balaban J connectivity index is 1.60. The smallest absolute Gasteiger partial charge is 0.137 e. The van der Waals surface area contributed by atoms with Crippen molar-refractivity contribution in [3.63, 3.8) is 0 Å². The standard InChI is InChI=1S/C15H24N2O4/c1-19-6-7-20-10-14(18)11-21-15-5-4-13(17-9-15)8-16-12-2-3-12/h4-5,9,12,14,16,18H,2-3,6-8,10-11H2,1H3. The molecular formula is C15H24N2O4. The fraction of sp³-hybridized carbons (Fsp3) is 0.667. The monoisotopic (exact) mass is 296 g/mol. The van der Waals surface area contributed by atoms with Crippen molar-refractivity contribution in [2.75, 3.05) is 33.5 Å². The second-order valence-corrected chi connectivity index (χ2v) is 5.17. The van der Waals surface area contributed by atoms with Gasteiger partial charge in [-0.2, -0.15) is 0 Å². The normalized spacial score (nSPS) is 15.9. The van der Waals surface area contributed by atoms with Crippen LogP contribution in [0.1, 0.15) is 18.5 Å². The largest absolute Gasteiger partial charge is 0.489 e. The summed E-state index contributed by atoms with van der Waals surface area (Å²) in [6, 6.07) is 4.48. The highest BCUT2D eigenvalue weighted by Gasteiger charge is 2.20. The Labute approximate surface area is 125 Å². The van der Waals surface area contributed by atoms with Gasteiger partial charge in [-0.25, -0.2) is 0 Å². The lowest BCUT2D eigenvalue weighted by atomic mass is 10.3. The molecule has 0 bridgehead atoms. The number of nitrogens with one attached hydrogen (secondary N) is 1. The summed E-state index contributed by atoms with van der Waals surface area (Å²) in [4.78, 5) is 4.33. The maximum atomic E-state index is 9.70. The molecule has 1 unspecified atom stereocenters. The number of hydrogen-bond acceptors (Lipinski definition) is 6. The number of pyridine rings is 1. The van der Waals surface area contributed by atoms with Crippen LogP contribution in [0, 0.1) is 0 Å². The van der Waals surface area contributed by atoms with Crippen LogP contribution in [0.2, 0.25) is 0 Å². The molecular weight excluding hydrogens is 272 g/mol. The van der Waals surface area contributed by atoms with Gasteiger partial charge >= 0.3 is 0 Å². The minimum atomic E-state index is -0.655. The van der Waals surface area contributed by atoms with E-state index >= 15 is 0 Å². The van der Waals surface area contributed by atoms with Gasteiger partial charge in [0.1, 0.15) is 18.5 Å². The van der Waals surface area contributed by atoms with Gasteiger partial charge in [0.05, 0.1) is 31.7 Å². The quantitative estimate of drug-likeness (QED) is 0.587. The summed E-state index contributed by atoms with van der Waals surface area (Å²) in [5, 5.41) is 13.1. The predicted molar refractivity (Wildman–Crippen MR) is 78.3 cm³/mol. The molecule has 6 heteroatoms. The Kier molecular flexibility index (Phi) is 6.88. The van der Waals surface area contributed by atoms with Crippen LogP contribution in [0.25, 0.3) is 0 Å². The van der Waals surface area contributed by atoms with Crippen molar-refractivity contribution in [3.8, 4) is 5.75 Å². The molecule has 1 saturated carbocycles. The van der Waals surface area contributed by atoms with Crippen molar-refractivity contribution in [1.82, 2.24) is 10.3 Å². The van der Waals surface area contributed by atoms with Gasteiger partial charge in [0.15, 0.2) is 0 Å². The number of aliphatic hydroxyl groups is 1. The molecule has 1 aliphatic carbocycles. The average molecular weight is 296 g/mol. The summed E-state index contributed by atoms with van der Waals surface area (Å²) >= 11 is 0. The van der Waals surface area contributed by atoms with E-state index < -0.39 is 6.10 Å². The first-order chi connectivity index (χ1) is 10.3. The Morgan fingerprint density at radius 2 is 2.19 bits per heavy atom. The number of hydrogen-bond donors (Lipinski definition) is 2. The van der Waals surface area contributed by atoms with Gasteiger partial charge < -0.3 is 24.6 Å². The van der Waals surface area contributed by atoms with Crippen molar-refractivity contribution in [2.24, 2.45) is 0 Å². The number of methoxy groups -OCH3 is 1. The Hall–Kier alpha value is -1.21. The molecule has 0 amide bonds. The van der Waals surface area contributed by atoms with Crippen LogP contribution in [-0.2, 0) is 16.0 Å². The summed E-state index contributed by atoms with van der Waals surface area (Å²) in [5.74, 6) is 0.654. The van der Waals surface area contributed by atoms with Crippen LogP contribution >= 0.6 is 0 Å². The van der Waals surface area contributed by atoms with Crippen LogP contribution in [0.5, 0.6) is 5.75 Å². The van der Waals surface area contributed by atoms with E-state index in [2.05, 4.69) is 10.3 Å². The maximum absolute atomic E-state index is 9.70. The molecule has 21 heavy (non-hydrogen) atoms. The second-order valence-electron chi connectivity index (χ2n) is 5.17. The lowest BCUT2D eigenvalue weighted by Crippen LogP contribution is -2.24. The van der Waals surface area contributed by atoms with Gasteiger partial charge in [0.25, 0.3) is 0 Å². The molecule has 0 radical (unpaired) electrons. The molecule has 0 aromatic carbocycles. The SMILES string of the molecule is COCCOCC(O)COc1ccc(CNC2CC2)nc1.